The van der Waals surface area contributed by atoms with Gasteiger partial charge >= 0.3 is 5.97 Å². The predicted molar refractivity (Wildman–Crippen MR) is 102 cm³/mol. The van der Waals surface area contributed by atoms with Crippen molar-refractivity contribution in [3.8, 4) is 0 Å². The van der Waals surface area contributed by atoms with Crippen LogP contribution in [0.2, 0.25) is 0 Å². The minimum atomic E-state index is -1.12. The molecule has 1 aliphatic rings. The Morgan fingerprint density at radius 1 is 1.25 bits per heavy atom. The highest BCUT2D eigenvalue weighted by Gasteiger charge is 2.28. The van der Waals surface area contributed by atoms with Crippen LogP contribution in [0.15, 0.2) is 40.8 Å². The second-order valence-electron chi connectivity index (χ2n) is 6.89. The van der Waals surface area contributed by atoms with Gasteiger partial charge in [0.05, 0.1) is 0 Å². The summed E-state index contributed by atoms with van der Waals surface area (Å²) >= 11 is 0. The molecule has 7 heteroatoms. The highest BCUT2D eigenvalue weighted by molar-refractivity contribution is 5.96. The third kappa shape index (κ3) is 4.60. The van der Waals surface area contributed by atoms with Crippen molar-refractivity contribution in [2.45, 2.75) is 38.6 Å². The van der Waals surface area contributed by atoms with Gasteiger partial charge in [-0.15, -0.1) is 0 Å². The van der Waals surface area contributed by atoms with Gasteiger partial charge in [0, 0.05) is 38.0 Å². The molecular weight excluding hydrogens is 360 g/mol. The number of carboxylic acids is 1. The van der Waals surface area contributed by atoms with Gasteiger partial charge in [0.15, 0.2) is 5.76 Å². The molecule has 7 nitrogen and oxygen atoms in total. The van der Waals surface area contributed by atoms with Crippen LogP contribution in [0, 0.1) is 0 Å². The number of nitrogens with zero attached hydrogens (tertiary/aromatic N) is 1. The molecule has 1 unspecified atom stereocenters. The van der Waals surface area contributed by atoms with E-state index in [1.807, 2.05) is 30.3 Å². The van der Waals surface area contributed by atoms with E-state index in [0.29, 0.717) is 38.8 Å². The number of benzene rings is 1. The van der Waals surface area contributed by atoms with Gasteiger partial charge in [0.2, 0.25) is 5.91 Å². The molecule has 1 fully saturated rings. The summed E-state index contributed by atoms with van der Waals surface area (Å²) in [6, 6.07) is 10.9. The third-order valence-electron chi connectivity index (χ3n) is 4.93. The number of hydrogen-bond donors (Lipinski definition) is 2. The van der Waals surface area contributed by atoms with Gasteiger partial charge in [0.25, 0.3) is 5.91 Å². The normalized spacial score (nSPS) is 16.2. The Labute approximate surface area is 163 Å². The zero-order valence-corrected chi connectivity index (χ0v) is 15.8. The maximum atomic E-state index is 12.4. The van der Waals surface area contributed by atoms with E-state index in [4.69, 9.17) is 9.52 Å². The van der Waals surface area contributed by atoms with Crippen molar-refractivity contribution in [3.05, 3.63) is 59.0 Å². The highest BCUT2D eigenvalue weighted by Crippen LogP contribution is 2.18. The highest BCUT2D eigenvalue weighted by atomic mass is 16.4. The lowest BCUT2D eigenvalue weighted by atomic mass is 10.1. The number of hydrogen-bond acceptors (Lipinski definition) is 4. The summed E-state index contributed by atoms with van der Waals surface area (Å²) in [6.45, 7) is 2.81. The summed E-state index contributed by atoms with van der Waals surface area (Å²) in [5.41, 5.74) is 1.13. The Bertz CT molecular complexity index is 859. The Morgan fingerprint density at radius 3 is 2.64 bits per heavy atom. The van der Waals surface area contributed by atoms with Crippen LogP contribution >= 0.6 is 0 Å². The van der Waals surface area contributed by atoms with Crippen molar-refractivity contribution in [1.82, 2.24) is 10.2 Å². The molecule has 2 heterocycles. The van der Waals surface area contributed by atoms with Crippen molar-refractivity contribution >= 4 is 17.8 Å². The van der Waals surface area contributed by atoms with E-state index in [1.165, 1.54) is 6.07 Å². The zero-order chi connectivity index (χ0) is 20.1. The maximum Gasteiger partial charge on any atom is 0.339 e. The van der Waals surface area contributed by atoms with Gasteiger partial charge in [-0.05, 0) is 18.4 Å². The number of carboxylic acid groups (broad SMARTS) is 1. The Hall–Kier alpha value is -3.09. The molecule has 2 amide bonds. The fourth-order valence-electron chi connectivity index (χ4n) is 3.40. The van der Waals surface area contributed by atoms with Crippen molar-refractivity contribution in [3.63, 3.8) is 0 Å². The first kappa shape index (κ1) is 19.7. The fraction of sp³-hybridized carbons (Fsp3) is 0.381. The maximum absolute atomic E-state index is 12.4. The molecule has 0 saturated carbocycles. The molecule has 148 valence electrons. The van der Waals surface area contributed by atoms with Crippen LogP contribution in [-0.2, 0) is 17.6 Å². The molecule has 3 rings (SSSR count). The number of aryl methyl sites for hydroxylation is 2. The van der Waals surface area contributed by atoms with Crippen LogP contribution in [0.25, 0.3) is 0 Å². The summed E-state index contributed by atoms with van der Waals surface area (Å²) in [7, 11) is 0. The summed E-state index contributed by atoms with van der Waals surface area (Å²) in [5, 5.41) is 12.0. The smallest absolute Gasteiger partial charge is 0.339 e. The molecule has 1 aromatic heterocycles. The number of aromatic carboxylic acids is 1. The van der Waals surface area contributed by atoms with Gasteiger partial charge in [-0.2, -0.15) is 0 Å². The molecule has 0 bridgehead atoms. The SMILES string of the molecule is CCc1oc(C(=O)NC2CCN(C(=O)CCc3ccccc3)C2)cc1C(=O)O. The molecule has 0 spiro atoms. The van der Waals surface area contributed by atoms with Crippen LogP contribution < -0.4 is 5.32 Å². The number of amides is 2. The van der Waals surface area contributed by atoms with Gasteiger partial charge in [0.1, 0.15) is 11.3 Å². The topological polar surface area (TPSA) is 99.9 Å². The molecule has 2 N–H and O–H groups in total. The number of likely N-dealkylation sites (tertiary alicyclic amines) is 1. The molecule has 0 aliphatic carbocycles. The third-order valence-corrected chi connectivity index (χ3v) is 4.93. The molecule has 28 heavy (non-hydrogen) atoms. The largest absolute Gasteiger partial charge is 0.478 e. The van der Waals surface area contributed by atoms with E-state index < -0.39 is 11.9 Å². The van der Waals surface area contributed by atoms with Crippen LogP contribution in [0.5, 0.6) is 0 Å². The lowest BCUT2D eigenvalue weighted by Crippen LogP contribution is -2.38. The number of nitrogens with one attached hydrogen (secondary N) is 1. The van der Waals surface area contributed by atoms with E-state index in [9.17, 15) is 14.4 Å². The van der Waals surface area contributed by atoms with Crippen LogP contribution in [-0.4, -0.2) is 46.9 Å². The van der Waals surface area contributed by atoms with E-state index in [2.05, 4.69) is 5.32 Å². The zero-order valence-electron chi connectivity index (χ0n) is 15.8. The van der Waals surface area contributed by atoms with Crippen molar-refractivity contribution in [2.24, 2.45) is 0 Å². The van der Waals surface area contributed by atoms with E-state index in [-0.39, 0.29) is 29.0 Å². The summed E-state index contributed by atoms with van der Waals surface area (Å²) in [4.78, 5) is 37.8. The minimum Gasteiger partial charge on any atom is -0.478 e. The van der Waals surface area contributed by atoms with Crippen LogP contribution in [0.3, 0.4) is 0 Å². The Kier molecular flexibility index (Phi) is 6.13. The van der Waals surface area contributed by atoms with Crippen molar-refractivity contribution in [1.29, 1.82) is 0 Å². The summed E-state index contributed by atoms with van der Waals surface area (Å²) in [6.07, 6.45) is 2.18. The van der Waals surface area contributed by atoms with Crippen LogP contribution in [0.4, 0.5) is 0 Å². The molecule has 2 aromatic rings. The minimum absolute atomic E-state index is 0.0109. The molecule has 1 aromatic carbocycles. The number of rotatable bonds is 7. The first-order valence-electron chi connectivity index (χ1n) is 9.46. The van der Waals surface area contributed by atoms with E-state index in [0.717, 1.165) is 5.56 Å². The number of carbonyl (C=O) groups is 3. The molecule has 1 aliphatic heterocycles. The van der Waals surface area contributed by atoms with E-state index in [1.54, 1.807) is 11.8 Å². The fourth-order valence-corrected chi connectivity index (χ4v) is 3.40. The summed E-state index contributed by atoms with van der Waals surface area (Å²) < 4.78 is 5.39. The van der Waals surface area contributed by atoms with E-state index >= 15 is 0 Å². The van der Waals surface area contributed by atoms with Gasteiger partial charge in [-0.25, -0.2) is 4.79 Å². The average molecular weight is 384 g/mol. The molecular formula is C21H24N2O5. The second-order valence-corrected chi connectivity index (χ2v) is 6.89. The molecule has 1 atom stereocenters. The monoisotopic (exact) mass is 384 g/mol. The average Bonchev–Trinajstić information content (AvgIpc) is 3.34. The lowest BCUT2D eigenvalue weighted by Gasteiger charge is -2.17. The first-order valence-corrected chi connectivity index (χ1v) is 9.46. The summed E-state index contributed by atoms with van der Waals surface area (Å²) in [5.74, 6) is -1.23. The first-order chi connectivity index (χ1) is 13.5. The molecule has 0 radical (unpaired) electrons. The van der Waals surface area contributed by atoms with Crippen LogP contribution in [0.1, 0.15) is 52.0 Å². The lowest BCUT2D eigenvalue weighted by molar-refractivity contribution is -0.130. The van der Waals surface area contributed by atoms with Gasteiger partial charge in [-0.3, -0.25) is 9.59 Å². The van der Waals surface area contributed by atoms with Crippen molar-refractivity contribution in [2.75, 3.05) is 13.1 Å². The van der Waals surface area contributed by atoms with Gasteiger partial charge < -0.3 is 19.7 Å². The number of furan rings is 1. The standard InChI is InChI=1S/C21H24N2O5/c1-2-17-16(21(26)27)12-18(28-17)20(25)22-15-10-11-23(13-15)19(24)9-8-14-6-4-3-5-7-14/h3-7,12,15H,2,8-11,13H2,1H3,(H,22,25)(H,26,27). The molecule has 1 saturated heterocycles. The Morgan fingerprint density at radius 2 is 2.00 bits per heavy atom. The number of carbonyl (C=O) groups excluding carboxylic acids is 2. The van der Waals surface area contributed by atoms with Crippen molar-refractivity contribution < 1.29 is 23.9 Å². The predicted octanol–water partition coefficient (Wildman–Crippen LogP) is 2.50. The Balaban J connectivity index is 1.52. The second kappa shape index (κ2) is 8.73. The quantitative estimate of drug-likeness (QED) is 0.764. The van der Waals surface area contributed by atoms with Gasteiger partial charge in [-0.1, -0.05) is 37.3 Å².